The molecule has 1 heterocycles. The van der Waals surface area contributed by atoms with Crippen molar-refractivity contribution in [2.75, 3.05) is 0 Å². The Labute approximate surface area is 97.6 Å². The lowest BCUT2D eigenvalue weighted by molar-refractivity contribution is -0.200. The van der Waals surface area contributed by atoms with Gasteiger partial charge in [-0.15, -0.1) is 0 Å². The first kappa shape index (κ1) is 13.3. The van der Waals surface area contributed by atoms with Gasteiger partial charge in [0.05, 0.1) is 17.2 Å². The first-order valence-electron chi connectivity index (χ1n) is 5.62. The van der Waals surface area contributed by atoms with Crippen LogP contribution in [0.1, 0.15) is 48.5 Å². The standard InChI is InChI=1S/C12H23NO3/c1-10(2,3)16-9(15)13-11(4,5)8(14)12(13,6)7/h8,14H,1-7H3. The van der Waals surface area contributed by atoms with E-state index in [1.807, 2.05) is 48.5 Å². The first-order chi connectivity index (χ1) is 6.90. The molecule has 4 nitrogen and oxygen atoms in total. The van der Waals surface area contributed by atoms with Crippen LogP contribution in [0.15, 0.2) is 0 Å². The highest BCUT2D eigenvalue weighted by Gasteiger charge is 2.62. The average Bonchev–Trinajstić information content (AvgIpc) is 1.97. The fourth-order valence-electron chi connectivity index (χ4n) is 2.56. The molecule has 0 bridgehead atoms. The van der Waals surface area contributed by atoms with Gasteiger partial charge in [-0.25, -0.2) is 4.79 Å². The van der Waals surface area contributed by atoms with Gasteiger partial charge < -0.3 is 9.84 Å². The van der Waals surface area contributed by atoms with E-state index in [2.05, 4.69) is 0 Å². The van der Waals surface area contributed by atoms with Crippen LogP contribution in [0.2, 0.25) is 0 Å². The molecule has 0 radical (unpaired) electrons. The Morgan fingerprint density at radius 2 is 1.56 bits per heavy atom. The molecule has 0 spiro atoms. The number of carbonyl (C=O) groups excluding carboxylic acids is 1. The van der Waals surface area contributed by atoms with E-state index in [1.165, 1.54) is 0 Å². The normalized spacial score (nSPS) is 23.9. The number of carbonyl (C=O) groups is 1. The highest BCUT2D eigenvalue weighted by Crippen LogP contribution is 2.45. The molecular weight excluding hydrogens is 206 g/mol. The SMILES string of the molecule is CC(C)(C)OC(=O)N1C(C)(C)C(O)C1(C)C. The number of amides is 1. The molecule has 16 heavy (non-hydrogen) atoms. The van der Waals surface area contributed by atoms with Crippen molar-refractivity contribution in [3.05, 3.63) is 0 Å². The number of likely N-dealkylation sites (tertiary alicyclic amines) is 1. The Balaban J connectivity index is 2.85. The summed E-state index contributed by atoms with van der Waals surface area (Å²) in [6.07, 6.45) is -0.902. The Hall–Kier alpha value is -0.770. The van der Waals surface area contributed by atoms with Crippen LogP contribution in [0.5, 0.6) is 0 Å². The number of aliphatic hydroxyl groups is 1. The topological polar surface area (TPSA) is 49.8 Å². The molecule has 1 aliphatic rings. The minimum Gasteiger partial charge on any atom is -0.444 e. The van der Waals surface area contributed by atoms with Crippen molar-refractivity contribution in [3.8, 4) is 0 Å². The van der Waals surface area contributed by atoms with E-state index in [-0.39, 0.29) is 6.09 Å². The van der Waals surface area contributed by atoms with Gasteiger partial charge in [-0.2, -0.15) is 0 Å². The van der Waals surface area contributed by atoms with Crippen molar-refractivity contribution in [1.29, 1.82) is 0 Å². The van der Waals surface area contributed by atoms with Gasteiger partial charge in [0.1, 0.15) is 5.60 Å². The molecule has 0 aliphatic carbocycles. The van der Waals surface area contributed by atoms with E-state index >= 15 is 0 Å². The Morgan fingerprint density at radius 1 is 1.19 bits per heavy atom. The molecule has 94 valence electrons. The molecule has 0 atom stereocenters. The lowest BCUT2D eigenvalue weighted by atomic mass is 9.70. The third-order valence-corrected chi connectivity index (χ3v) is 3.07. The summed E-state index contributed by atoms with van der Waals surface area (Å²) >= 11 is 0. The molecule has 0 unspecified atom stereocenters. The molecule has 4 heteroatoms. The van der Waals surface area contributed by atoms with Crippen LogP contribution in [0, 0.1) is 0 Å². The number of ether oxygens (including phenoxy) is 1. The second kappa shape index (κ2) is 3.36. The Bertz CT molecular complexity index is 286. The number of nitrogens with zero attached hydrogens (tertiary/aromatic N) is 1. The van der Waals surface area contributed by atoms with Crippen molar-refractivity contribution in [3.63, 3.8) is 0 Å². The Morgan fingerprint density at radius 3 is 1.88 bits per heavy atom. The fraction of sp³-hybridized carbons (Fsp3) is 0.917. The maximum Gasteiger partial charge on any atom is 0.411 e. The molecule has 1 rings (SSSR count). The summed E-state index contributed by atoms with van der Waals surface area (Å²) in [5.41, 5.74) is -1.64. The summed E-state index contributed by atoms with van der Waals surface area (Å²) in [6.45, 7) is 12.9. The van der Waals surface area contributed by atoms with Crippen LogP contribution in [0.4, 0.5) is 4.79 Å². The minimum atomic E-state index is -0.564. The average molecular weight is 229 g/mol. The first-order valence-corrected chi connectivity index (χ1v) is 5.62. The molecule has 1 aliphatic heterocycles. The van der Waals surface area contributed by atoms with Gasteiger partial charge in [-0.1, -0.05) is 0 Å². The minimum absolute atomic E-state index is 0.368. The maximum atomic E-state index is 12.0. The van der Waals surface area contributed by atoms with Crippen molar-refractivity contribution >= 4 is 6.09 Å². The van der Waals surface area contributed by atoms with Crippen molar-refractivity contribution in [1.82, 2.24) is 4.90 Å². The molecule has 0 aromatic rings. The van der Waals surface area contributed by atoms with Crippen LogP contribution < -0.4 is 0 Å². The molecule has 0 saturated carbocycles. The van der Waals surface area contributed by atoms with Crippen molar-refractivity contribution < 1.29 is 14.6 Å². The van der Waals surface area contributed by atoms with Gasteiger partial charge in [0.15, 0.2) is 0 Å². The second-order valence-corrected chi connectivity index (χ2v) is 6.53. The van der Waals surface area contributed by atoms with Gasteiger partial charge in [0.25, 0.3) is 0 Å². The van der Waals surface area contributed by atoms with E-state index < -0.39 is 22.8 Å². The summed E-state index contributed by atoms with van der Waals surface area (Å²) in [6, 6.07) is 0. The smallest absolute Gasteiger partial charge is 0.411 e. The summed E-state index contributed by atoms with van der Waals surface area (Å²) in [4.78, 5) is 13.6. The molecule has 1 amide bonds. The predicted molar refractivity (Wildman–Crippen MR) is 62.2 cm³/mol. The zero-order valence-corrected chi connectivity index (χ0v) is 11.3. The van der Waals surface area contributed by atoms with Gasteiger partial charge >= 0.3 is 6.09 Å². The molecule has 1 N–H and O–H groups in total. The summed E-state index contributed by atoms with van der Waals surface area (Å²) in [7, 11) is 0. The fourth-order valence-corrected chi connectivity index (χ4v) is 2.56. The van der Waals surface area contributed by atoms with E-state index in [4.69, 9.17) is 4.74 Å². The monoisotopic (exact) mass is 229 g/mol. The molecule has 0 aromatic carbocycles. The van der Waals surface area contributed by atoms with Crippen molar-refractivity contribution in [2.24, 2.45) is 0 Å². The van der Waals surface area contributed by atoms with Crippen LogP contribution in [0.25, 0.3) is 0 Å². The number of aliphatic hydroxyl groups excluding tert-OH is 1. The molecule has 1 fully saturated rings. The number of rotatable bonds is 0. The highest BCUT2D eigenvalue weighted by molar-refractivity contribution is 5.72. The van der Waals surface area contributed by atoms with Crippen LogP contribution >= 0.6 is 0 Å². The van der Waals surface area contributed by atoms with Crippen LogP contribution in [-0.4, -0.2) is 38.9 Å². The number of hydrogen-bond acceptors (Lipinski definition) is 3. The summed E-state index contributed by atoms with van der Waals surface area (Å²) in [5, 5.41) is 9.97. The van der Waals surface area contributed by atoms with E-state index in [1.54, 1.807) is 4.90 Å². The molecule has 0 aromatic heterocycles. The summed E-state index contributed by atoms with van der Waals surface area (Å²) < 4.78 is 5.34. The van der Waals surface area contributed by atoms with Gasteiger partial charge in [0, 0.05) is 0 Å². The van der Waals surface area contributed by atoms with Gasteiger partial charge in [-0.3, -0.25) is 4.90 Å². The Kier molecular flexibility index (Phi) is 2.79. The van der Waals surface area contributed by atoms with E-state index in [9.17, 15) is 9.90 Å². The van der Waals surface area contributed by atoms with Gasteiger partial charge in [0.2, 0.25) is 0 Å². The van der Waals surface area contributed by atoms with E-state index in [0.717, 1.165) is 0 Å². The molecular formula is C12H23NO3. The third kappa shape index (κ3) is 1.90. The van der Waals surface area contributed by atoms with Crippen LogP contribution in [0.3, 0.4) is 0 Å². The largest absolute Gasteiger partial charge is 0.444 e. The van der Waals surface area contributed by atoms with Crippen LogP contribution in [-0.2, 0) is 4.74 Å². The van der Waals surface area contributed by atoms with Crippen molar-refractivity contribution in [2.45, 2.75) is 71.2 Å². The maximum absolute atomic E-state index is 12.0. The number of hydrogen-bond donors (Lipinski definition) is 1. The van der Waals surface area contributed by atoms with E-state index in [0.29, 0.717) is 0 Å². The quantitative estimate of drug-likeness (QED) is 0.692. The summed E-state index contributed by atoms with van der Waals surface area (Å²) in [5.74, 6) is 0. The molecule has 1 saturated heterocycles. The lowest BCUT2D eigenvalue weighted by Gasteiger charge is -2.63. The third-order valence-electron chi connectivity index (χ3n) is 3.07. The lowest BCUT2D eigenvalue weighted by Crippen LogP contribution is -2.81. The predicted octanol–water partition coefficient (Wildman–Crippen LogP) is 2.16. The second-order valence-electron chi connectivity index (χ2n) is 6.53. The van der Waals surface area contributed by atoms with Gasteiger partial charge in [-0.05, 0) is 48.5 Å². The zero-order chi connectivity index (χ0) is 12.9. The zero-order valence-electron chi connectivity index (χ0n) is 11.3. The highest BCUT2D eigenvalue weighted by atomic mass is 16.6.